The van der Waals surface area contributed by atoms with Crippen molar-refractivity contribution in [1.29, 1.82) is 0 Å². The van der Waals surface area contributed by atoms with E-state index in [1.54, 1.807) is 9.80 Å². The number of rotatable bonds is 18. The second-order valence-electron chi connectivity index (χ2n) is 8.84. The van der Waals surface area contributed by atoms with Crippen LogP contribution in [0.3, 0.4) is 0 Å². The van der Waals surface area contributed by atoms with Crippen LogP contribution in [0.1, 0.15) is 51.4 Å². The molecule has 1 saturated carbocycles. The maximum Gasteiger partial charge on any atom is 0.317 e. The molecule has 1 aliphatic rings. The number of hydrogen-bond donors (Lipinski definition) is 4. The van der Waals surface area contributed by atoms with E-state index in [1.807, 2.05) is 0 Å². The maximum absolute atomic E-state index is 11.3. The molecule has 1 rings (SSSR count). The number of carboxylic acids is 4. The molecule has 0 spiro atoms. The van der Waals surface area contributed by atoms with Gasteiger partial charge in [0.1, 0.15) is 0 Å². The molecule has 0 aromatic rings. The minimum absolute atomic E-state index is 0.0759. The van der Waals surface area contributed by atoms with Gasteiger partial charge in [0.25, 0.3) is 0 Å². The predicted octanol–water partition coefficient (Wildman–Crippen LogP) is 0.981. The van der Waals surface area contributed by atoms with Crippen molar-refractivity contribution in [2.24, 2.45) is 5.92 Å². The first-order valence-electron chi connectivity index (χ1n) is 11.7. The van der Waals surface area contributed by atoms with Crippen LogP contribution < -0.4 is 0 Å². The van der Waals surface area contributed by atoms with Crippen molar-refractivity contribution in [1.82, 2.24) is 14.7 Å². The summed E-state index contributed by atoms with van der Waals surface area (Å²) < 4.78 is 0. The van der Waals surface area contributed by atoms with Gasteiger partial charge < -0.3 is 20.4 Å². The summed E-state index contributed by atoms with van der Waals surface area (Å²) >= 11 is 0. The lowest BCUT2D eigenvalue weighted by Gasteiger charge is -2.28. The Labute approximate surface area is 194 Å². The Morgan fingerprint density at radius 3 is 1.33 bits per heavy atom. The molecule has 0 aromatic carbocycles. The molecular weight excluding hydrogens is 434 g/mol. The Bertz CT molecular complexity index is 607. The van der Waals surface area contributed by atoms with E-state index in [2.05, 4.69) is 0 Å². The Hall–Kier alpha value is -2.24. The summed E-state index contributed by atoms with van der Waals surface area (Å²) in [5.41, 5.74) is 0. The van der Waals surface area contributed by atoms with Gasteiger partial charge in [-0.25, -0.2) is 0 Å². The molecule has 0 aliphatic heterocycles. The second kappa shape index (κ2) is 16.4. The quantitative estimate of drug-likeness (QED) is 0.210. The molecule has 4 N–H and O–H groups in total. The number of nitrogens with zero attached hydrogens (tertiary/aromatic N) is 3. The summed E-state index contributed by atoms with van der Waals surface area (Å²) in [6, 6.07) is 0. The molecule has 11 nitrogen and oxygen atoms in total. The molecular formula is C22H39N3O8. The molecule has 0 radical (unpaired) electrons. The van der Waals surface area contributed by atoms with Crippen LogP contribution >= 0.6 is 0 Å². The van der Waals surface area contributed by atoms with Gasteiger partial charge in [-0.1, -0.05) is 38.5 Å². The molecule has 33 heavy (non-hydrogen) atoms. The Kier molecular flexibility index (Phi) is 14.3. The van der Waals surface area contributed by atoms with Gasteiger partial charge in [-0.2, -0.15) is 0 Å². The fourth-order valence-corrected chi connectivity index (χ4v) is 4.34. The first-order valence-corrected chi connectivity index (χ1v) is 11.7. The van der Waals surface area contributed by atoms with Gasteiger partial charge in [-0.3, -0.25) is 33.9 Å². The third-order valence-electron chi connectivity index (χ3n) is 5.96. The Morgan fingerprint density at radius 1 is 0.545 bits per heavy atom. The number of carbonyl (C=O) groups is 4. The Balaban J connectivity index is 2.58. The van der Waals surface area contributed by atoms with E-state index in [9.17, 15) is 29.4 Å². The molecule has 0 saturated heterocycles. The Morgan fingerprint density at radius 2 is 0.909 bits per heavy atom. The summed E-state index contributed by atoms with van der Waals surface area (Å²) in [5.74, 6) is -3.64. The number of hydrogen-bond acceptors (Lipinski definition) is 7. The smallest absolute Gasteiger partial charge is 0.317 e. The summed E-state index contributed by atoms with van der Waals surface area (Å²) in [7, 11) is 0. The second-order valence-corrected chi connectivity index (χ2v) is 8.84. The van der Waals surface area contributed by atoms with Crippen LogP contribution in [0.25, 0.3) is 0 Å². The molecule has 0 unspecified atom stereocenters. The lowest BCUT2D eigenvalue weighted by atomic mass is 9.95. The van der Waals surface area contributed by atoms with Crippen LogP contribution in [0, 0.1) is 5.92 Å². The molecule has 1 fully saturated rings. The van der Waals surface area contributed by atoms with Crippen LogP contribution in [0.5, 0.6) is 0 Å². The molecule has 190 valence electrons. The zero-order chi connectivity index (χ0) is 24.6. The van der Waals surface area contributed by atoms with Crippen molar-refractivity contribution < 1.29 is 39.6 Å². The largest absolute Gasteiger partial charge is 0.480 e. The lowest BCUT2D eigenvalue weighted by Crippen LogP contribution is -2.44. The highest BCUT2D eigenvalue weighted by Gasteiger charge is 2.19. The first kappa shape index (κ1) is 28.8. The number of aliphatic carboxylic acids is 4. The van der Waals surface area contributed by atoms with E-state index in [0.29, 0.717) is 19.0 Å². The predicted molar refractivity (Wildman–Crippen MR) is 120 cm³/mol. The van der Waals surface area contributed by atoms with Gasteiger partial charge in [0, 0.05) is 26.2 Å². The molecule has 0 amide bonds. The normalized spacial score (nSPS) is 15.1. The van der Waals surface area contributed by atoms with Crippen LogP contribution in [0.2, 0.25) is 0 Å². The van der Waals surface area contributed by atoms with Crippen molar-refractivity contribution >= 4 is 23.9 Å². The van der Waals surface area contributed by atoms with Gasteiger partial charge in [-0.05, 0) is 25.3 Å². The fourth-order valence-electron chi connectivity index (χ4n) is 4.34. The minimum atomic E-state index is -1.16. The molecule has 11 heteroatoms. The van der Waals surface area contributed by atoms with E-state index in [0.717, 1.165) is 12.8 Å². The average molecular weight is 474 g/mol. The highest BCUT2D eigenvalue weighted by atomic mass is 16.4. The maximum atomic E-state index is 11.3. The standard InChI is InChI=1S/C22H39N3O8/c26-19(27)14-23(9-5-8-18-6-3-1-2-4-7-18)10-11-24(15-20(28)29)12-13-25(16-21(30)31)17-22(32)33/h18H,1-17H2,(H,26,27)(H,28,29)(H,30,31)(H,32,33). The molecule has 0 heterocycles. The SMILES string of the molecule is O=C(O)CN(CCCC1CCCCCC1)CCN(CCN(CC(=O)O)CC(=O)O)CC(=O)O. The van der Waals surface area contributed by atoms with Crippen molar-refractivity contribution in [3.63, 3.8) is 0 Å². The zero-order valence-electron chi connectivity index (χ0n) is 19.4. The first-order chi connectivity index (χ1) is 15.7. The molecule has 0 atom stereocenters. The topological polar surface area (TPSA) is 159 Å². The van der Waals surface area contributed by atoms with E-state index in [4.69, 9.17) is 10.2 Å². The van der Waals surface area contributed by atoms with Crippen LogP contribution in [0.15, 0.2) is 0 Å². The lowest BCUT2D eigenvalue weighted by molar-refractivity contribution is -0.143. The fraction of sp³-hybridized carbons (Fsp3) is 0.818. The van der Waals surface area contributed by atoms with Crippen LogP contribution in [-0.4, -0.2) is 118 Å². The zero-order valence-corrected chi connectivity index (χ0v) is 19.4. The van der Waals surface area contributed by atoms with E-state index in [-0.39, 0.29) is 32.7 Å². The molecule has 1 aliphatic carbocycles. The summed E-state index contributed by atoms with van der Waals surface area (Å²) in [5, 5.41) is 36.4. The summed E-state index contributed by atoms with van der Waals surface area (Å²) in [6.45, 7) is 0.168. The van der Waals surface area contributed by atoms with Crippen molar-refractivity contribution in [3.8, 4) is 0 Å². The van der Waals surface area contributed by atoms with Gasteiger partial charge in [0.2, 0.25) is 0 Å². The monoisotopic (exact) mass is 473 g/mol. The van der Waals surface area contributed by atoms with Gasteiger partial charge in [-0.15, -0.1) is 0 Å². The minimum Gasteiger partial charge on any atom is -0.480 e. The summed E-state index contributed by atoms with van der Waals surface area (Å²) in [6.07, 6.45) is 9.51. The van der Waals surface area contributed by atoms with E-state index >= 15 is 0 Å². The average Bonchev–Trinajstić information content (AvgIpc) is 2.96. The van der Waals surface area contributed by atoms with Crippen molar-refractivity contribution in [2.45, 2.75) is 51.4 Å². The van der Waals surface area contributed by atoms with Gasteiger partial charge >= 0.3 is 23.9 Å². The molecule has 0 bridgehead atoms. The van der Waals surface area contributed by atoms with Crippen LogP contribution in [0.4, 0.5) is 0 Å². The number of carboxylic acid groups (broad SMARTS) is 4. The van der Waals surface area contributed by atoms with E-state index in [1.165, 1.54) is 43.4 Å². The highest BCUT2D eigenvalue weighted by Crippen LogP contribution is 2.26. The van der Waals surface area contributed by atoms with Crippen molar-refractivity contribution in [3.05, 3.63) is 0 Å². The van der Waals surface area contributed by atoms with Gasteiger partial charge in [0.05, 0.1) is 26.2 Å². The third-order valence-corrected chi connectivity index (χ3v) is 5.96. The van der Waals surface area contributed by atoms with E-state index < -0.39 is 37.0 Å². The van der Waals surface area contributed by atoms with Crippen LogP contribution in [-0.2, 0) is 19.2 Å². The molecule has 0 aromatic heterocycles. The van der Waals surface area contributed by atoms with Crippen molar-refractivity contribution in [2.75, 3.05) is 58.9 Å². The van der Waals surface area contributed by atoms with Gasteiger partial charge in [0.15, 0.2) is 0 Å². The third kappa shape index (κ3) is 15.3. The highest BCUT2D eigenvalue weighted by molar-refractivity contribution is 5.72. The summed E-state index contributed by atoms with van der Waals surface area (Å²) in [4.78, 5) is 49.1.